The number of aliphatic hydroxyl groups is 2. The minimum absolute atomic E-state index is 0.0545. The Morgan fingerprint density at radius 2 is 0.773 bits per heavy atom. The van der Waals surface area contributed by atoms with Gasteiger partial charge in [0.25, 0.3) is 0 Å². The topological polar surface area (TPSA) is 95.9 Å². The smallest absolute Gasteiger partial charge is 0.306 e. The van der Waals surface area contributed by atoms with Crippen molar-refractivity contribution in [1.29, 1.82) is 0 Å². The number of allylic oxidation sites excluding steroid dienone is 8. The van der Waals surface area contributed by atoms with Gasteiger partial charge in [0.15, 0.2) is 0 Å². The summed E-state index contributed by atoms with van der Waals surface area (Å²) in [5.74, 6) is -0.499. The van der Waals surface area contributed by atoms with Crippen LogP contribution in [0.3, 0.4) is 0 Å². The number of ether oxygens (including phenoxy) is 1. The fraction of sp³-hybridized carbons (Fsp3) is 0.833. The van der Waals surface area contributed by atoms with Gasteiger partial charge in [-0.05, 0) is 51.4 Å². The van der Waals surface area contributed by atoms with Crippen molar-refractivity contribution < 1.29 is 24.5 Å². The van der Waals surface area contributed by atoms with Crippen molar-refractivity contribution in [2.45, 2.75) is 315 Å². The number of amides is 1. The minimum atomic E-state index is -0.798. The van der Waals surface area contributed by atoms with Crippen LogP contribution in [0.1, 0.15) is 297 Å². The Bertz CT molecular complexity index is 1130. The molecule has 1 amide bonds. The zero-order valence-electron chi connectivity index (χ0n) is 44.1. The van der Waals surface area contributed by atoms with Gasteiger partial charge < -0.3 is 20.3 Å². The van der Waals surface area contributed by atoms with E-state index in [0.29, 0.717) is 19.3 Å². The molecule has 0 radical (unpaired) electrons. The van der Waals surface area contributed by atoms with Crippen LogP contribution in [0.25, 0.3) is 0 Å². The molecule has 3 atom stereocenters. The standard InChI is InChI=1S/C60H111NO5/c1-4-7-10-13-16-19-22-25-27-29-30-32-35-38-41-44-47-50-53-60(65)66-56(51-48-45-42-39-36-34-31-28-26-23-20-17-14-11-8-5-2)54-59(64)61-57(55-62)58(63)52-49-46-43-40-37-33-24-21-18-15-12-9-6-3/h17,20,23,26,28,31,34,36,56-58,62-63H,4-16,18-19,21-22,24-25,27,29-30,32-33,35,37-55H2,1-3H3,(H,61,64)/b20-17+,26-23+,31-28+,36-34+. The second kappa shape index (κ2) is 53.8. The third kappa shape index (κ3) is 48.3. The van der Waals surface area contributed by atoms with Crippen molar-refractivity contribution in [3.63, 3.8) is 0 Å². The molecule has 6 heteroatoms. The number of hydrogen-bond donors (Lipinski definition) is 3. The minimum Gasteiger partial charge on any atom is -0.462 e. The number of esters is 1. The van der Waals surface area contributed by atoms with E-state index in [2.05, 4.69) is 74.7 Å². The van der Waals surface area contributed by atoms with Gasteiger partial charge in [0, 0.05) is 6.42 Å². The highest BCUT2D eigenvalue weighted by atomic mass is 16.5. The van der Waals surface area contributed by atoms with E-state index < -0.39 is 18.2 Å². The molecule has 0 heterocycles. The molecule has 3 unspecified atom stereocenters. The number of carbonyl (C=O) groups excluding carboxylic acids is 2. The molecule has 0 aliphatic heterocycles. The van der Waals surface area contributed by atoms with Crippen molar-refractivity contribution in [1.82, 2.24) is 5.32 Å². The van der Waals surface area contributed by atoms with Gasteiger partial charge in [-0.25, -0.2) is 0 Å². The van der Waals surface area contributed by atoms with E-state index >= 15 is 0 Å². The van der Waals surface area contributed by atoms with Crippen molar-refractivity contribution >= 4 is 11.9 Å². The molecule has 0 aromatic carbocycles. The van der Waals surface area contributed by atoms with Crippen molar-refractivity contribution in [3.05, 3.63) is 48.6 Å². The van der Waals surface area contributed by atoms with E-state index in [1.807, 2.05) is 0 Å². The van der Waals surface area contributed by atoms with Gasteiger partial charge in [-0.2, -0.15) is 0 Å². The molecule has 0 aliphatic carbocycles. The summed E-state index contributed by atoms with van der Waals surface area (Å²) >= 11 is 0. The lowest BCUT2D eigenvalue weighted by molar-refractivity contribution is -0.151. The molecule has 0 bridgehead atoms. The van der Waals surface area contributed by atoms with Gasteiger partial charge in [0.1, 0.15) is 6.10 Å². The molecular formula is C60H111NO5. The van der Waals surface area contributed by atoms with E-state index in [1.54, 1.807) is 0 Å². The van der Waals surface area contributed by atoms with Crippen molar-refractivity contribution in [3.8, 4) is 0 Å². The molecular weight excluding hydrogens is 815 g/mol. The first-order chi connectivity index (χ1) is 32.5. The first kappa shape index (κ1) is 63.8. The highest BCUT2D eigenvalue weighted by Gasteiger charge is 2.24. The molecule has 66 heavy (non-hydrogen) atoms. The predicted octanol–water partition coefficient (Wildman–Crippen LogP) is 17.8. The Labute approximate surface area is 410 Å². The fourth-order valence-corrected chi connectivity index (χ4v) is 8.86. The molecule has 0 fully saturated rings. The Morgan fingerprint density at radius 3 is 1.20 bits per heavy atom. The van der Waals surface area contributed by atoms with Gasteiger partial charge in [-0.1, -0.05) is 281 Å². The van der Waals surface area contributed by atoms with Crippen LogP contribution in [0.15, 0.2) is 48.6 Å². The molecule has 6 nitrogen and oxygen atoms in total. The number of nitrogens with one attached hydrogen (secondary N) is 1. The van der Waals surface area contributed by atoms with E-state index in [-0.39, 0.29) is 24.9 Å². The van der Waals surface area contributed by atoms with E-state index in [1.165, 1.54) is 180 Å². The van der Waals surface area contributed by atoms with Gasteiger partial charge in [0.05, 0.1) is 25.2 Å². The maximum Gasteiger partial charge on any atom is 0.306 e. The fourth-order valence-electron chi connectivity index (χ4n) is 8.86. The Kier molecular flexibility index (Phi) is 52.0. The monoisotopic (exact) mass is 926 g/mol. The number of carbonyl (C=O) groups is 2. The molecule has 0 rings (SSSR count). The maximum atomic E-state index is 13.3. The second-order valence-electron chi connectivity index (χ2n) is 19.8. The average molecular weight is 927 g/mol. The summed E-state index contributed by atoms with van der Waals surface area (Å²) in [6.07, 6.45) is 66.0. The summed E-state index contributed by atoms with van der Waals surface area (Å²) in [5, 5.41) is 23.8. The van der Waals surface area contributed by atoms with Crippen LogP contribution >= 0.6 is 0 Å². The lowest BCUT2D eigenvalue weighted by Crippen LogP contribution is -2.46. The van der Waals surface area contributed by atoms with Crippen LogP contribution in [-0.4, -0.2) is 46.9 Å². The number of unbranched alkanes of at least 4 members (excludes halogenated alkanes) is 35. The zero-order valence-corrected chi connectivity index (χ0v) is 44.1. The van der Waals surface area contributed by atoms with E-state index in [0.717, 1.165) is 70.6 Å². The van der Waals surface area contributed by atoms with E-state index in [9.17, 15) is 19.8 Å². The van der Waals surface area contributed by atoms with Crippen LogP contribution in [0.4, 0.5) is 0 Å². The first-order valence-electron chi connectivity index (χ1n) is 28.9. The summed E-state index contributed by atoms with van der Waals surface area (Å²) < 4.78 is 5.95. The van der Waals surface area contributed by atoms with Gasteiger partial charge in [0.2, 0.25) is 5.91 Å². The zero-order chi connectivity index (χ0) is 48.1. The maximum absolute atomic E-state index is 13.3. The summed E-state index contributed by atoms with van der Waals surface area (Å²) in [6, 6.07) is -0.714. The number of rotatable bonds is 52. The normalized spacial score (nSPS) is 13.5. The van der Waals surface area contributed by atoms with Crippen LogP contribution in [0, 0.1) is 0 Å². The highest BCUT2D eigenvalue weighted by Crippen LogP contribution is 2.18. The van der Waals surface area contributed by atoms with Crippen LogP contribution < -0.4 is 5.32 Å². The van der Waals surface area contributed by atoms with Crippen LogP contribution in [0.2, 0.25) is 0 Å². The molecule has 386 valence electrons. The summed E-state index contributed by atoms with van der Waals surface area (Å²) in [6.45, 7) is 6.46. The average Bonchev–Trinajstić information content (AvgIpc) is 3.31. The van der Waals surface area contributed by atoms with Crippen molar-refractivity contribution in [2.75, 3.05) is 6.61 Å². The molecule has 0 saturated heterocycles. The predicted molar refractivity (Wildman–Crippen MR) is 287 cm³/mol. The Morgan fingerprint density at radius 1 is 0.439 bits per heavy atom. The van der Waals surface area contributed by atoms with E-state index in [4.69, 9.17) is 4.74 Å². The lowest BCUT2D eigenvalue weighted by atomic mass is 10.0. The third-order valence-corrected chi connectivity index (χ3v) is 13.3. The third-order valence-electron chi connectivity index (χ3n) is 13.3. The molecule has 0 aliphatic rings. The highest BCUT2D eigenvalue weighted by molar-refractivity contribution is 5.77. The lowest BCUT2D eigenvalue weighted by Gasteiger charge is -2.24. The quantitative estimate of drug-likeness (QED) is 0.0321. The summed E-state index contributed by atoms with van der Waals surface area (Å²) in [5.41, 5.74) is 0. The van der Waals surface area contributed by atoms with Gasteiger partial charge in [-0.15, -0.1) is 0 Å². The molecule has 0 aromatic rings. The molecule has 3 N–H and O–H groups in total. The molecule has 0 spiro atoms. The summed E-state index contributed by atoms with van der Waals surface area (Å²) in [7, 11) is 0. The molecule has 0 aromatic heterocycles. The second-order valence-corrected chi connectivity index (χ2v) is 19.8. The SMILES string of the molecule is CCCCC/C=C/C=C/C=C/C=C/CCCCCC(CC(=O)NC(CO)C(O)CCCCCCCCCCCCCCC)OC(=O)CCCCCCCCCCCCCCCCCCCC. The Balaban J connectivity index is 4.60. The van der Waals surface area contributed by atoms with Crippen LogP contribution in [-0.2, 0) is 14.3 Å². The first-order valence-corrected chi connectivity index (χ1v) is 28.9. The Hall–Kier alpha value is -2.18. The summed E-state index contributed by atoms with van der Waals surface area (Å²) in [4.78, 5) is 26.3. The van der Waals surface area contributed by atoms with Gasteiger partial charge >= 0.3 is 5.97 Å². The number of aliphatic hydroxyl groups excluding tert-OH is 2. The molecule has 0 saturated carbocycles. The number of hydrogen-bond acceptors (Lipinski definition) is 5. The van der Waals surface area contributed by atoms with Crippen molar-refractivity contribution in [2.24, 2.45) is 0 Å². The van der Waals surface area contributed by atoms with Crippen LogP contribution in [0.5, 0.6) is 0 Å². The van der Waals surface area contributed by atoms with Gasteiger partial charge in [-0.3, -0.25) is 9.59 Å². The largest absolute Gasteiger partial charge is 0.462 e.